The second-order valence-electron chi connectivity index (χ2n) is 5.92. The van der Waals surface area contributed by atoms with Crippen molar-refractivity contribution < 1.29 is 0 Å². The van der Waals surface area contributed by atoms with Crippen molar-refractivity contribution in [1.29, 1.82) is 0 Å². The molecule has 1 aromatic rings. The van der Waals surface area contributed by atoms with Crippen LogP contribution < -0.4 is 5.32 Å². The topological polar surface area (TPSA) is 33.1 Å². The second-order valence-corrected chi connectivity index (χ2v) is 5.92. The van der Waals surface area contributed by atoms with Crippen LogP contribution in [0.3, 0.4) is 0 Å². The van der Waals surface area contributed by atoms with Gasteiger partial charge in [0.25, 0.3) is 0 Å². The van der Waals surface area contributed by atoms with Gasteiger partial charge in [0.15, 0.2) is 0 Å². The smallest absolute Gasteiger partial charge is 0.0951 e. The fourth-order valence-corrected chi connectivity index (χ4v) is 3.71. The lowest BCUT2D eigenvalue weighted by molar-refractivity contribution is 0.172. The minimum atomic E-state index is 0.654. The number of piperidine rings is 1. The van der Waals surface area contributed by atoms with Crippen molar-refractivity contribution in [3.05, 3.63) is 18.2 Å². The molecule has 2 saturated heterocycles. The minimum Gasteiger partial charge on any atom is -0.329 e. The quantitative estimate of drug-likeness (QED) is 0.826. The van der Waals surface area contributed by atoms with Gasteiger partial charge < -0.3 is 9.88 Å². The first-order valence-corrected chi connectivity index (χ1v) is 7.85. The summed E-state index contributed by atoms with van der Waals surface area (Å²) in [5, 5.41) is 3.50. The molecule has 0 saturated carbocycles. The Hall–Kier alpha value is -0.870. The standard InChI is InChI=1S/C15H26N4/c1-2-7-16-10-13-11-17-12-19(13)15-6-9-18-8-4-3-5-14(15)18/h11-12,14-16H,2-10H2,1H3. The molecular formula is C15H26N4. The number of nitrogens with one attached hydrogen (secondary N) is 1. The van der Waals surface area contributed by atoms with Crippen LogP contribution in [0.15, 0.2) is 12.5 Å². The average molecular weight is 262 g/mol. The molecule has 3 heterocycles. The number of hydrogen-bond acceptors (Lipinski definition) is 3. The summed E-state index contributed by atoms with van der Waals surface area (Å²) in [6, 6.07) is 1.41. The summed E-state index contributed by atoms with van der Waals surface area (Å²) in [6.07, 6.45) is 10.7. The highest BCUT2D eigenvalue weighted by Gasteiger charge is 2.36. The Morgan fingerprint density at radius 2 is 2.21 bits per heavy atom. The predicted molar refractivity (Wildman–Crippen MR) is 77.1 cm³/mol. The summed E-state index contributed by atoms with van der Waals surface area (Å²) in [5.74, 6) is 0. The van der Waals surface area contributed by atoms with Crippen LogP contribution in [0.25, 0.3) is 0 Å². The summed E-state index contributed by atoms with van der Waals surface area (Å²) in [7, 11) is 0. The van der Waals surface area contributed by atoms with Crippen LogP contribution in [0, 0.1) is 0 Å². The minimum absolute atomic E-state index is 0.654. The number of aromatic nitrogens is 2. The van der Waals surface area contributed by atoms with Gasteiger partial charge in [0.1, 0.15) is 0 Å². The molecule has 2 unspecified atom stereocenters. The average Bonchev–Trinajstić information content (AvgIpc) is 3.04. The van der Waals surface area contributed by atoms with Crippen molar-refractivity contribution >= 4 is 0 Å². The number of imidazole rings is 1. The third-order valence-corrected chi connectivity index (χ3v) is 4.66. The van der Waals surface area contributed by atoms with E-state index in [0.717, 1.165) is 19.1 Å². The molecule has 0 spiro atoms. The lowest BCUT2D eigenvalue weighted by atomic mass is 9.99. The van der Waals surface area contributed by atoms with Gasteiger partial charge in [-0.15, -0.1) is 0 Å². The fourth-order valence-electron chi connectivity index (χ4n) is 3.71. The fraction of sp³-hybridized carbons (Fsp3) is 0.800. The molecule has 1 N–H and O–H groups in total. The lowest BCUT2D eigenvalue weighted by Gasteiger charge is -2.33. The van der Waals surface area contributed by atoms with E-state index in [1.165, 1.54) is 50.9 Å². The van der Waals surface area contributed by atoms with Gasteiger partial charge in [-0.25, -0.2) is 4.98 Å². The Morgan fingerprint density at radius 3 is 3.11 bits per heavy atom. The zero-order chi connectivity index (χ0) is 13.1. The molecule has 106 valence electrons. The van der Waals surface area contributed by atoms with Gasteiger partial charge in [0.2, 0.25) is 0 Å². The number of rotatable bonds is 5. The molecule has 19 heavy (non-hydrogen) atoms. The van der Waals surface area contributed by atoms with Crippen molar-refractivity contribution in [3.8, 4) is 0 Å². The number of fused-ring (bicyclic) bond motifs is 1. The van der Waals surface area contributed by atoms with Gasteiger partial charge in [0, 0.05) is 25.3 Å². The van der Waals surface area contributed by atoms with Crippen LogP contribution in [0.5, 0.6) is 0 Å². The molecular weight excluding hydrogens is 236 g/mol. The van der Waals surface area contributed by atoms with Gasteiger partial charge in [-0.1, -0.05) is 13.3 Å². The summed E-state index contributed by atoms with van der Waals surface area (Å²) in [4.78, 5) is 7.08. The zero-order valence-electron chi connectivity index (χ0n) is 12.0. The zero-order valence-corrected chi connectivity index (χ0v) is 12.0. The van der Waals surface area contributed by atoms with E-state index in [0.29, 0.717) is 6.04 Å². The van der Waals surface area contributed by atoms with Crippen LogP contribution in [0.2, 0.25) is 0 Å². The maximum Gasteiger partial charge on any atom is 0.0951 e. The molecule has 1 aromatic heterocycles. The normalized spacial score (nSPS) is 27.6. The maximum absolute atomic E-state index is 4.39. The van der Waals surface area contributed by atoms with Gasteiger partial charge in [-0.2, -0.15) is 0 Å². The third kappa shape index (κ3) is 2.70. The molecule has 3 rings (SSSR count). The van der Waals surface area contributed by atoms with Crippen molar-refractivity contribution in [3.63, 3.8) is 0 Å². The molecule has 0 amide bonds. The van der Waals surface area contributed by atoms with Crippen molar-refractivity contribution in [2.75, 3.05) is 19.6 Å². The van der Waals surface area contributed by atoms with Crippen molar-refractivity contribution in [1.82, 2.24) is 19.8 Å². The summed E-state index contributed by atoms with van der Waals surface area (Å²) in [5.41, 5.74) is 1.35. The largest absolute Gasteiger partial charge is 0.329 e. The Labute approximate surface area is 116 Å². The Morgan fingerprint density at radius 1 is 1.26 bits per heavy atom. The first kappa shape index (κ1) is 13.1. The van der Waals surface area contributed by atoms with Gasteiger partial charge in [-0.05, 0) is 38.8 Å². The molecule has 0 aromatic carbocycles. The Balaban J connectivity index is 1.69. The first-order chi connectivity index (χ1) is 9.40. The third-order valence-electron chi connectivity index (χ3n) is 4.66. The van der Waals surface area contributed by atoms with Crippen LogP contribution in [0.1, 0.15) is 50.8 Å². The first-order valence-electron chi connectivity index (χ1n) is 7.85. The summed E-state index contributed by atoms with van der Waals surface area (Å²) in [6.45, 7) is 6.83. The summed E-state index contributed by atoms with van der Waals surface area (Å²) < 4.78 is 2.44. The van der Waals surface area contributed by atoms with E-state index in [2.05, 4.69) is 26.7 Å². The maximum atomic E-state index is 4.39. The Kier molecular flexibility index (Phi) is 4.18. The highest BCUT2D eigenvalue weighted by molar-refractivity contribution is 5.05. The lowest BCUT2D eigenvalue weighted by Crippen LogP contribution is -2.38. The van der Waals surface area contributed by atoms with Gasteiger partial charge >= 0.3 is 0 Å². The molecule has 0 radical (unpaired) electrons. The van der Waals surface area contributed by atoms with Crippen LogP contribution >= 0.6 is 0 Å². The van der Waals surface area contributed by atoms with Gasteiger partial charge in [-0.3, -0.25) is 4.90 Å². The molecule has 4 heteroatoms. The molecule has 2 aliphatic heterocycles. The number of nitrogens with zero attached hydrogens (tertiary/aromatic N) is 3. The SMILES string of the molecule is CCCNCc1cncn1C1CCN2CCCCC12. The monoisotopic (exact) mass is 262 g/mol. The number of hydrogen-bond donors (Lipinski definition) is 1. The van der Waals surface area contributed by atoms with E-state index in [1.807, 2.05) is 12.5 Å². The van der Waals surface area contributed by atoms with E-state index in [1.54, 1.807) is 0 Å². The highest BCUT2D eigenvalue weighted by Crippen LogP contribution is 2.35. The summed E-state index contributed by atoms with van der Waals surface area (Å²) >= 11 is 0. The molecule has 0 aliphatic carbocycles. The van der Waals surface area contributed by atoms with E-state index in [-0.39, 0.29) is 0 Å². The molecule has 2 atom stereocenters. The van der Waals surface area contributed by atoms with E-state index < -0.39 is 0 Å². The predicted octanol–water partition coefficient (Wildman–Crippen LogP) is 2.18. The van der Waals surface area contributed by atoms with Crippen LogP contribution in [0.4, 0.5) is 0 Å². The molecule has 2 aliphatic rings. The van der Waals surface area contributed by atoms with Crippen LogP contribution in [-0.2, 0) is 6.54 Å². The van der Waals surface area contributed by atoms with Gasteiger partial charge in [0.05, 0.1) is 18.1 Å². The van der Waals surface area contributed by atoms with E-state index >= 15 is 0 Å². The molecule has 4 nitrogen and oxygen atoms in total. The molecule has 0 bridgehead atoms. The Bertz CT molecular complexity index is 401. The highest BCUT2D eigenvalue weighted by atomic mass is 15.3. The van der Waals surface area contributed by atoms with Crippen LogP contribution in [-0.4, -0.2) is 40.1 Å². The van der Waals surface area contributed by atoms with Crippen molar-refractivity contribution in [2.45, 2.75) is 57.7 Å². The second kappa shape index (κ2) is 6.06. The van der Waals surface area contributed by atoms with E-state index in [4.69, 9.17) is 0 Å². The molecule has 2 fully saturated rings. The van der Waals surface area contributed by atoms with Crippen molar-refractivity contribution in [2.24, 2.45) is 0 Å². The van der Waals surface area contributed by atoms with E-state index in [9.17, 15) is 0 Å².